The van der Waals surface area contributed by atoms with Crippen LogP contribution < -0.4 is 81.0 Å². The second-order valence-corrected chi connectivity index (χ2v) is 24.2. The number of nitrogens with zero attached hydrogens (tertiary/aromatic N) is 3. The van der Waals surface area contributed by atoms with Gasteiger partial charge in [-0.25, -0.2) is 4.79 Å². The van der Waals surface area contributed by atoms with Crippen LogP contribution in [0.25, 0.3) is 0 Å². The smallest absolute Gasteiger partial charge is 0.315 e. The number of urea groups is 1. The van der Waals surface area contributed by atoms with Crippen LogP contribution in [0.15, 0.2) is 6.20 Å². The van der Waals surface area contributed by atoms with Crippen molar-refractivity contribution in [3.8, 4) is 0 Å². The Kier molecular flexibility index (Phi) is 35.4. The molecule has 0 unspecified atom stereocenters. The van der Waals surface area contributed by atoms with Crippen molar-refractivity contribution in [3.05, 3.63) is 11.9 Å². The van der Waals surface area contributed by atoms with Gasteiger partial charge in [0.2, 0.25) is 47.3 Å². The minimum absolute atomic E-state index is 0.00237. The molecule has 2 fully saturated rings. The van der Waals surface area contributed by atoms with Crippen molar-refractivity contribution in [2.45, 2.75) is 183 Å². The topological polar surface area (TPSA) is 519 Å². The normalized spacial score (nSPS) is 23.1. The largest absolute Gasteiger partial charge is 0.481 e. The highest BCUT2D eigenvalue weighted by Crippen LogP contribution is 2.33. The van der Waals surface area contributed by atoms with Crippen LogP contribution in [0.4, 0.5) is 4.79 Å². The fourth-order valence-electron chi connectivity index (χ4n) is 9.92. The third kappa shape index (κ3) is 31.3. The summed E-state index contributed by atoms with van der Waals surface area (Å²) in [5.74, 6) is -6.96. The standard InChI is InChI=1S/C56H98N20O14S/c1-34(2)16-17-39-52(85)69-37(12-7-18-64-54(58)59)49(82)66-31-45(78)67-41(30-46(79)80)53(86)70-38(13-8-19-65-55(60)61)51(84)71-40(29-35-32-76(75-74-35)22-6-5-11-36(57)48(81)68-39)50(83)63-21-10-24-89-26-28-90-27-25-88-23-9-20-62-44(77)15-4-3-14-43-47-42(33-91-43)72-56(87)73-47/h32,34,36-43,47H,3-31,33,57H2,1-2H3,(H,62,77)(H,63,83)(H,66,82)(H,67,78)(H,68,81)(H,69,85)(H,70,86)(H,71,84)(H,79,80)(H4,58,59,64)(H4,60,61,65)(H2,72,73,87)/t36-,37-,38-,39-,40-,41-,42+,43+,47+/m0/s1. The highest BCUT2D eigenvalue weighted by molar-refractivity contribution is 8.00. The summed E-state index contributed by atoms with van der Waals surface area (Å²) in [7, 11) is 0. The number of aliphatic carboxylic acids is 1. The maximum absolute atomic E-state index is 14.3. The van der Waals surface area contributed by atoms with Crippen LogP contribution in [0, 0.1) is 16.7 Å². The molecular formula is C56H98N20O14S. The van der Waals surface area contributed by atoms with Gasteiger partial charge >= 0.3 is 12.0 Å². The molecule has 2 bridgehead atoms. The molecule has 21 N–H and O–H groups in total. The lowest BCUT2D eigenvalue weighted by Gasteiger charge is -2.25. The van der Waals surface area contributed by atoms with Gasteiger partial charge in [-0.1, -0.05) is 25.5 Å². The maximum atomic E-state index is 14.3. The van der Waals surface area contributed by atoms with Crippen LogP contribution in [0.3, 0.4) is 0 Å². The predicted molar refractivity (Wildman–Crippen MR) is 335 cm³/mol. The molecule has 0 aromatic carbocycles. The molecule has 9 atom stereocenters. The Balaban J connectivity index is 1.34. The van der Waals surface area contributed by atoms with Crippen LogP contribution in [0.2, 0.25) is 0 Å². The predicted octanol–water partition coefficient (Wildman–Crippen LogP) is -3.90. The number of carbonyl (C=O) groups excluding carboxylic acids is 9. The van der Waals surface area contributed by atoms with Crippen molar-refractivity contribution in [2.75, 3.05) is 78.1 Å². The van der Waals surface area contributed by atoms with Crippen LogP contribution in [-0.4, -0.2) is 223 Å². The lowest BCUT2D eigenvalue weighted by Crippen LogP contribution is -2.58. The number of aryl methyl sites for hydroxylation is 1. The lowest BCUT2D eigenvalue weighted by atomic mass is 10.0. The summed E-state index contributed by atoms with van der Waals surface area (Å²) in [6.07, 6.45) is 6.56. The van der Waals surface area contributed by atoms with E-state index >= 15 is 0 Å². The molecule has 4 rings (SSSR count). The summed E-state index contributed by atoms with van der Waals surface area (Å²) in [5.41, 5.74) is 17.5. The van der Waals surface area contributed by atoms with Crippen LogP contribution >= 0.6 is 11.8 Å². The van der Waals surface area contributed by atoms with Crippen LogP contribution in [-0.2, 0) is 70.3 Å². The molecule has 1 aromatic heterocycles. The Morgan fingerprint density at radius 2 is 1.26 bits per heavy atom. The number of nitrogens with two attached hydrogens (primary N) is 3. The van der Waals surface area contributed by atoms with E-state index in [1.54, 1.807) is 6.20 Å². The molecule has 0 aliphatic carbocycles. The van der Waals surface area contributed by atoms with Crippen LogP contribution in [0.5, 0.6) is 0 Å². The number of amides is 10. The first kappa shape index (κ1) is 75.8. The number of ether oxygens (including phenoxy) is 3. The second kappa shape index (κ2) is 42.4. The summed E-state index contributed by atoms with van der Waals surface area (Å²) in [6, 6.07) is -7.75. The molecule has 512 valence electrons. The third-order valence-corrected chi connectivity index (χ3v) is 16.4. The molecule has 91 heavy (non-hydrogen) atoms. The average molecular weight is 1310 g/mol. The van der Waals surface area contributed by atoms with Crippen molar-refractivity contribution in [1.82, 2.24) is 78.8 Å². The fourth-order valence-corrected chi connectivity index (χ4v) is 11.5. The molecule has 2 saturated heterocycles. The number of carboxylic acids is 1. The zero-order chi connectivity index (χ0) is 66.5. The monoisotopic (exact) mass is 1310 g/mol. The number of guanidine groups is 2. The molecular weight excluding hydrogens is 1210 g/mol. The molecule has 0 saturated carbocycles. The summed E-state index contributed by atoms with van der Waals surface area (Å²) in [6.45, 7) is 6.12. The van der Waals surface area contributed by atoms with Gasteiger partial charge in [0.25, 0.3) is 0 Å². The Bertz CT molecular complexity index is 2530. The first-order chi connectivity index (χ1) is 43.6. The number of carbonyl (C=O) groups is 10. The van der Waals surface area contributed by atoms with E-state index < -0.39 is 96.5 Å². The van der Waals surface area contributed by atoms with Crippen LogP contribution in [0.1, 0.15) is 122 Å². The van der Waals surface area contributed by atoms with E-state index in [2.05, 4.69) is 74.1 Å². The van der Waals surface area contributed by atoms with Crippen molar-refractivity contribution in [1.29, 1.82) is 10.8 Å². The summed E-state index contributed by atoms with van der Waals surface area (Å²) < 4.78 is 18.4. The zero-order valence-corrected chi connectivity index (χ0v) is 53.1. The Hall–Kier alpha value is -7.63. The lowest BCUT2D eigenvalue weighted by molar-refractivity contribution is -0.141. The Labute approximate surface area is 534 Å². The molecule has 35 heteroatoms. The van der Waals surface area contributed by atoms with E-state index in [9.17, 15) is 53.1 Å². The van der Waals surface area contributed by atoms with E-state index in [0.717, 1.165) is 25.0 Å². The number of fused-ring (bicyclic) bond motifs is 3. The van der Waals surface area contributed by atoms with Gasteiger partial charge in [0, 0.05) is 76.0 Å². The molecule has 3 aliphatic heterocycles. The van der Waals surface area contributed by atoms with Crippen molar-refractivity contribution in [3.63, 3.8) is 0 Å². The number of rotatable bonds is 33. The average Bonchev–Trinajstić information content (AvgIpc) is 3.92. The van der Waals surface area contributed by atoms with Gasteiger partial charge in [0.05, 0.1) is 63.2 Å². The van der Waals surface area contributed by atoms with E-state index in [1.165, 1.54) is 4.68 Å². The fraction of sp³-hybridized carbons (Fsp3) is 0.750. The highest BCUT2D eigenvalue weighted by atomic mass is 32.2. The number of thioether (sulfide) groups is 1. The maximum Gasteiger partial charge on any atom is 0.315 e. The highest BCUT2D eigenvalue weighted by Gasteiger charge is 2.42. The van der Waals surface area contributed by atoms with E-state index in [0.29, 0.717) is 82.4 Å². The summed E-state index contributed by atoms with van der Waals surface area (Å²) in [4.78, 5) is 133. The van der Waals surface area contributed by atoms with Crippen molar-refractivity contribution < 1.29 is 67.3 Å². The van der Waals surface area contributed by atoms with Gasteiger partial charge < -0.3 is 100 Å². The minimum atomic E-state index is -1.80. The second-order valence-electron chi connectivity index (χ2n) is 22.9. The molecule has 10 amide bonds. The van der Waals surface area contributed by atoms with E-state index in [1.807, 2.05) is 25.6 Å². The van der Waals surface area contributed by atoms with Crippen molar-refractivity contribution >= 4 is 82.9 Å². The van der Waals surface area contributed by atoms with Gasteiger partial charge in [0.1, 0.15) is 30.2 Å². The quantitative estimate of drug-likeness (QED) is 0.0138. The number of carboxylic acid groups (broad SMARTS) is 1. The number of aromatic nitrogens is 3. The molecule has 0 spiro atoms. The van der Waals surface area contributed by atoms with Gasteiger partial charge in [0.15, 0.2) is 11.9 Å². The number of nitrogens with one attached hydrogen (secondary N) is 14. The first-order valence-electron chi connectivity index (χ1n) is 31.3. The van der Waals surface area contributed by atoms with Gasteiger partial charge in [-0.3, -0.25) is 58.7 Å². The SMILES string of the molecule is CC(C)CC[C@@H]1NC(=O)[C@@H](N)CCCCn2cc(nn2)C[C@@H](C(=O)NCCCOCCOCCOCCCNC(=O)CCCC[C@H]2SC[C@H]3NC(=O)N[C@H]32)NC(=O)[C@H](CCCNC(=N)N)NC(=O)[C@H](CC(=O)O)NC(=O)CNC(=O)[C@H](CCCNC(=N)N)NC1=O. The summed E-state index contributed by atoms with van der Waals surface area (Å²) >= 11 is 1.86. The Morgan fingerprint density at radius 1 is 0.681 bits per heavy atom. The van der Waals surface area contributed by atoms with Crippen molar-refractivity contribution in [2.24, 2.45) is 23.1 Å². The number of hydrogen-bond acceptors (Lipinski definition) is 19. The molecule has 4 heterocycles. The third-order valence-electron chi connectivity index (χ3n) is 14.9. The van der Waals surface area contributed by atoms with Gasteiger partial charge in [-0.05, 0) is 89.4 Å². The molecule has 0 radical (unpaired) electrons. The minimum Gasteiger partial charge on any atom is -0.481 e. The van der Waals surface area contributed by atoms with Gasteiger partial charge in [-0.15, -0.1) is 5.10 Å². The Morgan fingerprint density at radius 3 is 1.90 bits per heavy atom. The molecule has 34 nitrogen and oxygen atoms in total. The molecule has 1 aromatic rings. The van der Waals surface area contributed by atoms with E-state index in [4.69, 9.17) is 42.2 Å². The first-order valence-corrected chi connectivity index (χ1v) is 32.4. The molecule has 3 aliphatic rings. The zero-order valence-electron chi connectivity index (χ0n) is 52.3. The van der Waals surface area contributed by atoms with E-state index in [-0.39, 0.29) is 126 Å². The van der Waals surface area contributed by atoms with Gasteiger partial charge in [-0.2, -0.15) is 11.8 Å². The summed E-state index contributed by atoms with van der Waals surface area (Å²) in [5, 5.41) is 65.8. The number of unbranched alkanes of at least 4 members (excludes halogenated alkanes) is 1. The number of hydrogen-bond donors (Lipinski definition) is 18.